The van der Waals surface area contributed by atoms with Crippen LogP contribution in [-0.2, 0) is 10.0 Å². The summed E-state index contributed by atoms with van der Waals surface area (Å²) in [6.45, 7) is 0. The third-order valence-corrected chi connectivity index (χ3v) is 5.88. The van der Waals surface area contributed by atoms with Gasteiger partial charge < -0.3 is 9.47 Å². The molecule has 140 valence electrons. The van der Waals surface area contributed by atoms with Crippen LogP contribution in [0.3, 0.4) is 0 Å². The van der Waals surface area contributed by atoms with Crippen LogP contribution < -0.4 is 14.2 Å². The predicted molar refractivity (Wildman–Crippen MR) is 94.2 cm³/mol. The van der Waals surface area contributed by atoms with Crippen LogP contribution in [0.15, 0.2) is 47.5 Å². The Labute approximate surface area is 152 Å². The molecule has 0 saturated heterocycles. The molecule has 0 atom stereocenters. The van der Waals surface area contributed by atoms with Gasteiger partial charge in [-0.1, -0.05) is 6.07 Å². The number of nitrogens with one attached hydrogen (secondary N) is 1. The van der Waals surface area contributed by atoms with Gasteiger partial charge in [0.25, 0.3) is 0 Å². The first-order valence-electron chi connectivity index (χ1n) is 8.41. The highest BCUT2D eigenvalue weighted by Gasteiger charge is 2.28. The predicted octanol–water partition coefficient (Wildman–Crippen LogP) is 2.90. The van der Waals surface area contributed by atoms with E-state index in [1.807, 2.05) is 12.1 Å². The molecule has 3 rings (SSSR count). The fourth-order valence-electron chi connectivity index (χ4n) is 3.03. The van der Waals surface area contributed by atoms with E-state index in [9.17, 15) is 12.8 Å². The number of halogens is 1. The Bertz CT molecular complexity index is 838. The lowest BCUT2D eigenvalue weighted by Crippen LogP contribution is -2.39. The van der Waals surface area contributed by atoms with E-state index >= 15 is 0 Å². The quantitative estimate of drug-likeness (QED) is 0.834. The molecule has 26 heavy (non-hydrogen) atoms. The van der Waals surface area contributed by atoms with Crippen LogP contribution in [0.2, 0.25) is 0 Å². The van der Waals surface area contributed by atoms with Crippen LogP contribution in [0.4, 0.5) is 4.39 Å². The Balaban J connectivity index is 1.61. The summed E-state index contributed by atoms with van der Waals surface area (Å²) in [6.07, 6.45) is 4.37. The van der Waals surface area contributed by atoms with E-state index in [4.69, 9.17) is 9.47 Å². The van der Waals surface area contributed by atoms with Crippen molar-refractivity contribution in [3.05, 3.63) is 48.4 Å². The van der Waals surface area contributed by atoms with Crippen molar-refractivity contribution >= 4 is 10.0 Å². The second kappa shape index (κ2) is 8.01. The van der Waals surface area contributed by atoms with Gasteiger partial charge in [-0.3, -0.25) is 0 Å². The van der Waals surface area contributed by atoms with Crippen molar-refractivity contribution < 1.29 is 22.3 Å². The van der Waals surface area contributed by atoms with Gasteiger partial charge in [-0.05, 0) is 49.9 Å². The van der Waals surface area contributed by atoms with Crippen molar-refractivity contribution in [2.75, 3.05) is 7.11 Å². The molecule has 0 spiro atoms. The maximum absolute atomic E-state index is 13.5. The summed E-state index contributed by atoms with van der Waals surface area (Å²) in [7, 11) is -2.52. The zero-order chi connectivity index (χ0) is 18.6. The Hall–Kier alpha value is -2.19. The molecule has 0 radical (unpaired) electrons. The van der Waals surface area contributed by atoms with Crippen LogP contribution in [0.25, 0.3) is 0 Å². The summed E-state index contributed by atoms with van der Waals surface area (Å²) >= 11 is 0. The molecule has 6 nitrogen and oxygen atoms in total. The minimum absolute atomic E-state index is 0.00867. The van der Waals surface area contributed by atoms with E-state index in [-0.39, 0.29) is 22.8 Å². The van der Waals surface area contributed by atoms with Crippen molar-refractivity contribution in [3.8, 4) is 11.6 Å². The fraction of sp³-hybridized carbons (Fsp3) is 0.389. The largest absolute Gasteiger partial charge is 0.495 e. The van der Waals surface area contributed by atoms with Gasteiger partial charge in [-0.15, -0.1) is 0 Å². The molecule has 1 N–H and O–H groups in total. The molecule has 0 unspecified atom stereocenters. The van der Waals surface area contributed by atoms with E-state index in [0.29, 0.717) is 31.6 Å². The summed E-state index contributed by atoms with van der Waals surface area (Å²) in [4.78, 5) is 3.95. The summed E-state index contributed by atoms with van der Waals surface area (Å²) in [6, 6.07) is 8.69. The third-order valence-electron chi connectivity index (χ3n) is 4.34. The number of methoxy groups -OCH3 is 1. The van der Waals surface area contributed by atoms with Crippen molar-refractivity contribution in [2.24, 2.45) is 0 Å². The first-order valence-corrected chi connectivity index (χ1v) is 9.90. The topological polar surface area (TPSA) is 77.5 Å². The summed E-state index contributed by atoms with van der Waals surface area (Å²) < 4.78 is 52.2. The molecule has 0 bridgehead atoms. The van der Waals surface area contributed by atoms with Crippen molar-refractivity contribution in [3.63, 3.8) is 0 Å². The molecule has 1 aliphatic rings. The standard InChI is InChI=1S/C18H21FN2O4S/c1-24-16-10-5-13(19)12-17(16)26(22,23)21-14-6-8-15(9-7-14)25-18-4-2-3-11-20-18/h2-5,10-12,14-15,21H,6-9H2,1H3. The zero-order valence-corrected chi connectivity index (χ0v) is 15.2. The van der Waals surface area contributed by atoms with Crippen LogP contribution >= 0.6 is 0 Å². The lowest BCUT2D eigenvalue weighted by molar-refractivity contribution is 0.138. The van der Waals surface area contributed by atoms with E-state index in [1.54, 1.807) is 12.3 Å². The van der Waals surface area contributed by atoms with Crippen LogP contribution in [0.1, 0.15) is 25.7 Å². The molecule has 1 aliphatic carbocycles. The Morgan fingerprint density at radius 3 is 2.58 bits per heavy atom. The van der Waals surface area contributed by atoms with Gasteiger partial charge in [-0.25, -0.2) is 22.5 Å². The lowest BCUT2D eigenvalue weighted by Gasteiger charge is -2.29. The molecular weight excluding hydrogens is 359 g/mol. The number of benzene rings is 1. The minimum Gasteiger partial charge on any atom is -0.495 e. The average molecular weight is 380 g/mol. The Kier molecular flexibility index (Phi) is 5.73. The number of hydrogen-bond acceptors (Lipinski definition) is 5. The molecule has 0 aliphatic heterocycles. The van der Waals surface area contributed by atoms with Crippen LogP contribution in [0.5, 0.6) is 11.6 Å². The molecule has 0 amide bonds. The molecule has 1 heterocycles. The van der Waals surface area contributed by atoms with Gasteiger partial charge in [0, 0.05) is 18.3 Å². The molecular formula is C18H21FN2O4S. The maximum atomic E-state index is 13.5. The average Bonchev–Trinajstić information content (AvgIpc) is 2.64. The number of ether oxygens (including phenoxy) is 2. The van der Waals surface area contributed by atoms with Gasteiger partial charge in [0.05, 0.1) is 7.11 Å². The number of rotatable bonds is 6. The monoisotopic (exact) mass is 380 g/mol. The summed E-state index contributed by atoms with van der Waals surface area (Å²) in [5.41, 5.74) is 0. The molecule has 8 heteroatoms. The Morgan fingerprint density at radius 2 is 1.92 bits per heavy atom. The Morgan fingerprint density at radius 1 is 1.15 bits per heavy atom. The SMILES string of the molecule is COc1ccc(F)cc1S(=O)(=O)NC1CCC(Oc2ccccn2)CC1. The summed E-state index contributed by atoms with van der Waals surface area (Å²) in [5, 5.41) is 0. The second-order valence-corrected chi connectivity index (χ2v) is 7.86. The van der Waals surface area contributed by atoms with Gasteiger partial charge in [0.1, 0.15) is 22.6 Å². The number of aromatic nitrogens is 1. The minimum atomic E-state index is -3.87. The van der Waals surface area contributed by atoms with Gasteiger partial charge in [0.2, 0.25) is 15.9 Å². The first kappa shape index (κ1) is 18.6. The van der Waals surface area contributed by atoms with Gasteiger partial charge in [0.15, 0.2) is 0 Å². The van der Waals surface area contributed by atoms with Crippen molar-refractivity contribution in [1.82, 2.24) is 9.71 Å². The maximum Gasteiger partial charge on any atom is 0.244 e. The normalized spacial score (nSPS) is 20.5. The fourth-order valence-corrected chi connectivity index (χ4v) is 4.52. The number of pyridine rings is 1. The van der Waals surface area contributed by atoms with Gasteiger partial charge >= 0.3 is 0 Å². The summed E-state index contributed by atoms with van der Waals surface area (Å²) in [5.74, 6) is 0.0609. The first-order chi connectivity index (χ1) is 12.5. The molecule has 1 fully saturated rings. The van der Waals surface area contributed by atoms with Crippen LogP contribution in [0, 0.1) is 5.82 Å². The number of nitrogens with zero attached hydrogens (tertiary/aromatic N) is 1. The third kappa shape index (κ3) is 4.50. The zero-order valence-electron chi connectivity index (χ0n) is 14.4. The molecule has 2 aromatic rings. The van der Waals surface area contributed by atoms with Crippen LogP contribution in [-0.4, -0.2) is 32.7 Å². The van der Waals surface area contributed by atoms with Crippen molar-refractivity contribution in [2.45, 2.75) is 42.7 Å². The van der Waals surface area contributed by atoms with E-state index in [1.165, 1.54) is 13.2 Å². The van der Waals surface area contributed by atoms with E-state index < -0.39 is 15.8 Å². The smallest absolute Gasteiger partial charge is 0.244 e. The van der Waals surface area contributed by atoms with E-state index in [2.05, 4.69) is 9.71 Å². The number of sulfonamides is 1. The van der Waals surface area contributed by atoms with Gasteiger partial charge in [-0.2, -0.15) is 0 Å². The molecule has 1 saturated carbocycles. The molecule has 1 aromatic heterocycles. The lowest BCUT2D eigenvalue weighted by atomic mass is 9.94. The van der Waals surface area contributed by atoms with Crippen molar-refractivity contribution in [1.29, 1.82) is 0 Å². The highest BCUT2D eigenvalue weighted by Crippen LogP contribution is 2.27. The molecule has 1 aromatic carbocycles. The number of hydrogen-bond donors (Lipinski definition) is 1. The van der Waals surface area contributed by atoms with E-state index in [0.717, 1.165) is 12.1 Å². The highest BCUT2D eigenvalue weighted by atomic mass is 32.2. The highest BCUT2D eigenvalue weighted by molar-refractivity contribution is 7.89. The second-order valence-electron chi connectivity index (χ2n) is 6.18.